The summed E-state index contributed by atoms with van der Waals surface area (Å²) in [4.78, 5) is 11.4. The van der Waals surface area contributed by atoms with E-state index in [1.165, 1.54) is 0 Å². The van der Waals surface area contributed by atoms with Crippen LogP contribution in [-0.4, -0.2) is 32.4 Å². The predicted molar refractivity (Wildman–Crippen MR) is 65.0 cm³/mol. The Morgan fingerprint density at radius 1 is 1.38 bits per heavy atom. The molecule has 2 aliphatic rings. The van der Waals surface area contributed by atoms with E-state index in [9.17, 15) is 4.79 Å². The van der Waals surface area contributed by atoms with E-state index in [1.54, 1.807) is 0 Å². The van der Waals surface area contributed by atoms with Crippen LogP contribution in [0.2, 0.25) is 18.1 Å². The molecular weight excluding hydrogens is 220 g/mol. The molecule has 0 aromatic carbocycles. The molecule has 1 aliphatic carbocycles. The van der Waals surface area contributed by atoms with Crippen LogP contribution in [0, 0.1) is 0 Å². The van der Waals surface area contributed by atoms with Crippen molar-refractivity contribution in [3.8, 4) is 0 Å². The molecule has 0 spiro atoms. The minimum absolute atomic E-state index is 0.0652. The number of carbonyl (C=O) groups is 1. The second kappa shape index (κ2) is 3.65. The Morgan fingerprint density at radius 3 is 2.56 bits per heavy atom. The lowest BCUT2D eigenvalue weighted by molar-refractivity contribution is -0.121. The van der Waals surface area contributed by atoms with E-state index in [4.69, 9.17) is 9.16 Å². The van der Waals surface area contributed by atoms with Crippen molar-refractivity contribution in [2.75, 3.05) is 0 Å². The molecule has 0 N–H and O–H groups in total. The first-order valence-electron chi connectivity index (χ1n) is 6.08. The molecule has 0 radical (unpaired) electrons. The summed E-state index contributed by atoms with van der Waals surface area (Å²) in [5.74, 6) is 0.264. The van der Waals surface area contributed by atoms with Gasteiger partial charge in [-0.1, -0.05) is 20.8 Å². The molecule has 1 saturated carbocycles. The number of ketones is 1. The highest BCUT2D eigenvalue weighted by Gasteiger charge is 2.55. The first-order valence-corrected chi connectivity index (χ1v) is 8.99. The number of fused-ring (bicyclic) bond motifs is 1. The highest BCUT2D eigenvalue weighted by atomic mass is 28.4. The van der Waals surface area contributed by atoms with Crippen LogP contribution in [0.25, 0.3) is 0 Å². The molecular formula is C12H22O3Si. The maximum atomic E-state index is 11.4. The van der Waals surface area contributed by atoms with Crippen molar-refractivity contribution in [2.24, 2.45) is 0 Å². The summed E-state index contributed by atoms with van der Waals surface area (Å²) in [5.41, 5.74) is 0. The average molecular weight is 242 g/mol. The summed E-state index contributed by atoms with van der Waals surface area (Å²) in [5, 5.41) is 0.221. The quantitative estimate of drug-likeness (QED) is 0.551. The van der Waals surface area contributed by atoms with Gasteiger partial charge in [-0.2, -0.15) is 0 Å². The summed E-state index contributed by atoms with van der Waals surface area (Å²) in [6, 6.07) is 0. The highest BCUT2D eigenvalue weighted by Crippen LogP contribution is 2.42. The minimum atomic E-state index is -1.72. The van der Waals surface area contributed by atoms with Gasteiger partial charge in [0.2, 0.25) is 0 Å². The molecule has 3 atom stereocenters. The molecule has 2 fully saturated rings. The number of epoxide rings is 1. The van der Waals surface area contributed by atoms with Crippen molar-refractivity contribution in [1.82, 2.24) is 0 Å². The monoisotopic (exact) mass is 242 g/mol. The number of Topliss-reactive ketones (excluding diaryl/α,β-unsaturated/α-hetero) is 1. The lowest BCUT2D eigenvalue weighted by atomic mass is 9.97. The SMILES string of the molecule is CC(C)(C)[Si](C)(C)O[C@H]1CCC(=O)[C@@H]2O[C@H]12. The van der Waals surface area contributed by atoms with Crippen LogP contribution in [0.3, 0.4) is 0 Å². The number of hydrogen-bond acceptors (Lipinski definition) is 3. The molecule has 3 nitrogen and oxygen atoms in total. The minimum Gasteiger partial charge on any atom is -0.411 e. The van der Waals surface area contributed by atoms with E-state index in [0.717, 1.165) is 6.42 Å². The van der Waals surface area contributed by atoms with E-state index in [1.807, 2.05) is 0 Å². The Kier molecular flexibility index (Phi) is 2.80. The van der Waals surface area contributed by atoms with Crippen LogP contribution in [0.5, 0.6) is 0 Å². The van der Waals surface area contributed by atoms with Gasteiger partial charge in [-0.25, -0.2) is 0 Å². The molecule has 1 heterocycles. The van der Waals surface area contributed by atoms with Crippen LogP contribution in [0.4, 0.5) is 0 Å². The maximum absolute atomic E-state index is 11.4. The molecule has 1 saturated heterocycles. The Morgan fingerprint density at radius 2 is 2.00 bits per heavy atom. The second-order valence-corrected chi connectivity index (χ2v) is 11.2. The molecule has 0 unspecified atom stereocenters. The van der Waals surface area contributed by atoms with Crippen molar-refractivity contribution in [1.29, 1.82) is 0 Å². The molecule has 0 aromatic heterocycles. The maximum Gasteiger partial charge on any atom is 0.192 e. The Balaban J connectivity index is 1.99. The van der Waals surface area contributed by atoms with Gasteiger partial charge >= 0.3 is 0 Å². The summed E-state index contributed by atoms with van der Waals surface area (Å²) in [6.45, 7) is 11.2. The molecule has 92 valence electrons. The molecule has 1 aliphatic heterocycles. The molecule has 0 amide bonds. The number of ether oxygens (including phenoxy) is 1. The lowest BCUT2D eigenvalue weighted by Crippen LogP contribution is -2.46. The van der Waals surface area contributed by atoms with E-state index in [0.29, 0.717) is 6.42 Å². The molecule has 0 aromatic rings. The van der Waals surface area contributed by atoms with E-state index >= 15 is 0 Å². The molecule has 4 heteroatoms. The third-order valence-electron chi connectivity index (χ3n) is 4.14. The van der Waals surface area contributed by atoms with Gasteiger partial charge in [0.15, 0.2) is 14.1 Å². The van der Waals surface area contributed by atoms with Crippen LogP contribution in [0.1, 0.15) is 33.6 Å². The fourth-order valence-electron chi connectivity index (χ4n) is 1.94. The number of hydrogen-bond donors (Lipinski definition) is 0. The van der Waals surface area contributed by atoms with Gasteiger partial charge in [-0.05, 0) is 24.6 Å². The van der Waals surface area contributed by atoms with Gasteiger partial charge in [0.1, 0.15) is 12.2 Å². The van der Waals surface area contributed by atoms with Gasteiger partial charge in [0.25, 0.3) is 0 Å². The van der Waals surface area contributed by atoms with Crippen molar-refractivity contribution in [2.45, 2.75) is 70.1 Å². The summed E-state index contributed by atoms with van der Waals surface area (Å²) in [7, 11) is -1.72. The number of rotatable bonds is 2. The van der Waals surface area contributed by atoms with Crippen LogP contribution in [-0.2, 0) is 14.0 Å². The normalized spacial score (nSPS) is 34.8. The zero-order chi connectivity index (χ0) is 12.1. The third-order valence-corrected chi connectivity index (χ3v) is 8.64. The van der Waals surface area contributed by atoms with Crippen LogP contribution < -0.4 is 0 Å². The summed E-state index contributed by atoms with van der Waals surface area (Å²) >= 11 is 0. The van der Waals surface area contributed by atoms with Crippen molar-refractivity contribution >= 4 is 14.1 Å². The predicted octanol–water partition coefficient (Wildman–Crippen LogP) is 2.51. The zero-order valence-corrected chi connectivity index (χ0v) is 11.9. The summed E-state index contributed by atoms with van der Waals surface area (Å²) in [6.07, 6.45) is 1.55. The first-order chi connectivity index (χ1) is 7.22. The van der Waals surface area contributed by atoms with E-state index in [2.05, 4.69) is 33.9 Å². The standard InChI is InChI=1S/C12H22O3Si/c1-12(2,3)16(4,5)15-9-7-6-8(13)10-11(9)14-10/h9-11H,6-7H2,1-5H3/t9-,10-,11+/m0/s1. The molecule has 0 bridgehead atoms. The van der Waals surface area contributed by atoms with Crippen LogP contribution >= 0.6 is 0 Å². The van der Waals surface area contributed by atoms with Crippen molar-refractivity contribution in [3.05, 3.63) is 0 Å². The van der Waals surface area contributed by atoms with Crippen LogP contribution in [0.15, 0.2) is 0 Å². The van der Waals surface area contributed by atoms with E-state index < -0.39 is 8.32 Å². The summed E-state index contributed by atoms with van der Waals surface area (Å²) < 4.78 is 11.7. The Labute approximate surface area is 98.6 Å². The van der Waals surface area contributed by atoms with Crippen molar-refractivity contribution < 1.29 is 14.0 Å². The van der Waals surface area contributed by atoms with Gasteiger partial charge < -0.3 is 9.16 Å². The zero-order valence-electron chi connectivity index (χ0n) is 10.9. The second-order valence-electron chi connectivity index (χ2n) is 6.44. The fraction of sp³-hybridized carbons (Fsp3) is 0.917. The van der Waals surface area contributed by atoms with Gasteiger partial charge in [0, 0.05) is 6.42 Å². The highest BCUT2D eigenvalue weighted by molar-refractivity contribution is 6.74. The van der Waals surface area contributed by atoms with Crippen molar-refractivity contribution in [3.63, 3.8) is 0 Å². The van der Waals surface area contributed by atoms with Gasteiger partial charge in [0.05, 0.1) is 6.10 Å². The first kappa shape index (κ1) is 12.3. The third kappa shape index (κ3) is 2.10. The molecule has 2 rings (SSSR count). The molecule has 16 heavy (non-hydrogen) atoms. The number of carbonyl (C=O) groups excluding carboxylic acids is 1. The largest absolute Gasteiger partial charge is 0.411 e. The van der Waals surface area contributed by atoms with Gasteiger partial charge in [-0.15, -0.1) is 0 Å². The average Bonchev–Trinajstić information content (AvgIpc) is 2.87. The fourth-order valence-corrected chi connectivity index (χ4v) is 3.30. The lowest BCUT2D eigenvalue weighted by Gasteiger charge is -2.39. The Hall–Kier alpha value is -0.193. The van der Waals surface area contributed by atoms with E-state index in [-0.39, 0.29) is 29.1 Å². The Bertz CT molecular complexity index is 306. The van der Waals surface area contributed by atoms with Gasteiger partial charge in [-0.3, -0.25) is 4.79 Å². The topological polar surface area (TPSA) is 38.8 Å². The smallest absolute Gasteiger partial charge is 0.192 e.